The van der Waals surface area contributed by atoms with E-state index in [2.05, 4.69) is 12.2 Å². The Bertz CT molecular complexity index is 297. The van der Waals surface area contributed by atoms with Crippen LogP contribution in [0.5, 0.6) is 0 Å². The van der Waals surface area contributed by atoms with Crippen LogP contribution in [0.4, 0.5) is 0 Å². The number of hydrogen-bond acceptors (Lipinski definition) is 2. The molecule has 0 atom stereocenters. The number of carboxylic acid groups (broad SMARTS) is 2. The molecule has 4 nitrogen and oxygen atoms in total. The molecule has 0 aliphatic heterocycles. The minimum absolute atomic E-state index is 0.288. The molecule has 0 bridgehead atoms. The van der Waals surface area contributed by atoms with Crippen molar-refractivity contribution in [2.24, 2.45) is 0 Å². The Morgan fingerprint density at radius 2 is 0.905 bits per heavy atom. The molecule has 0 aromatic rings. The molecule has 0 heterocycles. The van der Waals surface area contributed by atoms with Gasteiger partial charge in [0.1, 0.15) is 0 Å². The van der Waals surface area contributed by atoms with Gasteiger partial charge in [-0.2, -0.15) is 0 Å². The van der Waals surface area contributed by atoms with Crippen LogP contribution < -0.4 is 0 Å². The molecule has 0 unspecified atom stereocenters. The molecular formula is C17H30O4. The van der Waals surface area contributed by atoms with Gasteiger partial charge in [-0.3, -0.25) is 9.59 Å². The van der Waals surface area contributed by atoms with Crippen molar-refractivity contribution in [3.05, 3.63) is 12.2 Å². The van der Waals surface area contributed by atoms with Crippen LogP contribution in [-0.4, -0.2) is 22.2 Å². The van der Waals surface area contributed by atoms with Crippen molar-refractivity contribution in [3.8, 4) is 0 Å². The van der Waals surface area contributed by atoms with E-state index >= 15 is 0 Å². The third kappa shape index (κ3) is 18.7. The highest BCUT2D eigenvalue weighted by Crippen LogP contribution is 2.09. The summed E-state index contributed by atoms with van der Waals surface area (Å²) in [5.74, 6) is -1.39. The van der Waals surface area contributed by atoms with Crippen LogP contribution in [0.2, 0.25) is 0 Å². The van der Waals surface area contributed by atoms with Gasteiger partial charge in [-0.15, -0.1) is 0 Å². The van der Waals surface area contributed by atoms with Crippen molar-refractivity contribution in [1.29, 1.82) is 0 Å². The van der Waals surface area contributed by atoms with Crippen molar-refractivity contribution in [1.82, 2.24) is 0 Å². The lowest BCUT2D eigenvalue weighted by atomic mass is 10.1. The summed E-state index contributed by atoms with van der Waals surface area (Å²) in [6.45, 7) is 0. The quantitative estimate of drug-likeness (QED) is 0.337. The first kappa shape index (κ1) is 19.7. The van der Waals surface area contributed by atoms with E-state index in [-0.39, 0.29) is 6.42 Å². The second-order valence-electron chi connectivity index (χ2n) is 5.52. The Morgan fingerprint density at radius 1 is 0.571 bits per heavy atom. The zero-order valence-electron chi connectivity index (χ0n) is 13.1. The third-order valence-corrected chi connectivity index (χ3v) is 3.44. The maximum Gasteiger partial charge on any atom is 0.303 e. The second kappa shape index (κ2) is 15.1. The van der Waals surface area contributed by atoms with Crippen molar-refractivity contribution in [3.63, 3.8) is 0 Å². The first-order valence-corrected chi connectivity index (χ1v) is 8.21. The molecule has 21 heavy (non-hydrogen) atoms. The maximum absolute atomic E-state index is 10.3. The summed E-state index contributed by atoms with van der Waals surface area (Å²) in [6.07, 6.45) is 16.6. The molecule has 0 radical (unpaired) electrons. The van der Waals surface area contributed by atoms with Crippen LogP contribution in [-0.2, 0) is 9.59 Å². The summed E-state index contributed by atoms with van der Waals surface area (Å²) in [7, 11) is 0. The highest BCUT2D eigenvalue weighted by Gasteiger charge is 1.96. The standard InChI is InChI=1S/C17H30O4/c18-16(19)14-12-10-8-6-4-2-1-3-5-7-9-11-13-15-17(20)21/h2,4H,1,3,5-15H2,(H,18,19)(H,20,21)/b4-2+. The van der Waals surface area contributed by atoms with Gasteiger partial charge in [-0.05, 0) is 38.5 Å². The Labute approximate surface area is 128 Å². The molecule has 2 N–H and O–H groups in total. The SMILES string of the molecule is O=C(O)CCCCC/C=C/CCCCCCCCC(=O)O. The van der Waals surface area contributed by atoms with Crippen LogP contribution in [0.1, 0.15) is 83.5 Å². The summed E-state index contributed by atoms with van der Waals surface area (Å²) in [6, 6.07) is 0. The number of rotatable bonds is 15. The van der Waals surface area contributed by atoms with Crippen LogP contribution in [0.25, 0.3) is 0 Å². The van der Waals surface area contributed by atoms with Crippen molar-refractivity contribution >= 4 is 11.9 Å². The number of carboxylic acids is 2. The minimum Gasteiger partial charge on any atom is -0.481 e. The molecule has 122 valence electrons. The fourth-order valence-corrected chi connectivity index (χ4v) is 2.20. The highest BCUT2D eigenvalue weighted by atomic mass is 16.4. The van der Waals surface area contributed by atoms with E-state index in [0.29, 0.717) is 6.42 Å². The van der Waals surface area contributed by atoms with Gasteiger partial charge >= 0.3 is 11.9 Å². The van der Waals surface area contributed by atoms with Crippen molar-refractivity contribution in [2.75, 3.05) is 0 Å². The second-order valence-corrected chi connectivity index (χ2v) is 5.52. The zero-order chi connectivity index (χ0) is 15.8. The lowest BCUT2D eigenvalue weighted by Crippen LogP contribution is -1.93. The monoisotopic (exact) mass is 298 g/mol. The van der Waals surface area contributed by atoms with E-state index in [1.54, 1.807) is 0 Å². The lowest BCUT2D eigenvalue weighted by Gasteiger charge is -1.99. The molecule has 0 saturated carbocycles. The predicted molar refractivity (Wildman–Crippen MR) is 84.4 cm³/mol. The fourth-order valence-electron chi connectivity index (χ4n) is 2.20. The Morgan fingerprint density at radius 3 is 1.33 bits per heavy atom. The topological polar surface area (TPSA) is 74.6 Å². The number of unbranched alkanes of at least 4 members (excludes halogenated alkanes) is 9. The number of aliphatic carboxylic acids is 2. The van der Waals surface area contributed by atoms with E-state index in [9.17, 15) is 9.59 Å². The van der Waals surface area contributed by atoms with Crippen LogP contribution in [0.15, 0.2) is 12.2 Å². The molecule has 0 amide bonds. The van der Waals surface area contributed by atoms with E-state index in [0.717, 1.165) is 51.4 Å². The van der Waals surface area contributed by atoms with Crippen LogP contribution in [0, 0.1) is 0 Å². The summed E-state index contributed by atoms with van der Waals surface area (Å²) in [5.41, 5.74) is 0. The van der Waals surface area contributed by atoms with Gasteiger partial charge in [0.15, 0.2) is 0 Å². The van der Waals surface area contributed by atoms with Gasteiger partial charge in [0, 0.05) is 12.8 Å². The van der Waals surface area contributed by atoms with Gasteiger partial charge in [0.2, 0.25) is 0 Å². The zero-order valence-corrected chi connectivity index (χ0v) is 13.1. The van der Waals surface area contributed by atoms with Crippen molar-refractivity contribution in [2.45, 2.75) is 83.5 Å². The highest BCUT2D eigenvalue weighted by molar-refractivity contribution is 5.66. The summed E-state index contributed by atoms with van der Waals surface area (Å²) >= 11 is 0. The molecule has 0 aromatic carbocycles. The molecule has 4 heteroatoms. The summed E-state index contributed by atoms with van der Waals surface area (Å²) in [5, 5.41) is 17.0. The van der Waals surface area contributed by atoms with E-state index in [1.165, 1.54) is 19.3 Å². The van der Waals surface area contributed by atoms with E-state index in [1.807, 2.05) is 0 Å². The molecule has 0 spiro atoms. The lowest BCUT2D eigenvalue weighted by molar-refractivity contribution is -0.138. The average molecular weight is 298 g/mol. The molecule has 0 aromatic heterocycles. The molecule has 0 aliphatic carbocycles. The normalized spacial score (nSPS) is 11.0. The van der Waals surface area contributed by atoms with Gasteiger partial charge in [0.25, 0.3) is 0 Å². The largest absolute Gasteiger partial charge is 0.481 e. The Hall–Kier alpha value is -1.32. The molecule has 0 rings (SSSR count). The first-order valence-electron chi connectivity index (χ1n) is 8.21. The van der Waals surface area contributed by atoms with Gasteiger partial charge in [-0.1, -0.05) is 44.3 Å². The van der Waals surface area contributed by atoms with Crippen LogP contribution >= 0.6 is 0 Å². The number of hydrogen-bond donors (Lipinski definition) is 2. The van der Waals surface area contributed by atoms with Gasteiger partial charge < -0.3 is 10.2 Å². The molecular weight excluding hydrogens is 268 g/mol. The molecule has 0 fully saturated rings. The summed E-state index contributed by atoms with van der Waals surface area (Å²) < 4.78 is 0. The average Bonchev–Trinajstić information content (AvgIpc) is 2.42. The number of carbonyl (C=O) groups is 2. The van der Waals surface area contributed by atoms with E-state index < -0.39 is 11.9 Å². The Kier molecular flexibility index (Phi) is 14.1. The van der Waals surface area contributed by atoms with E-state index in [4.69, 9.17) is 10.2 Å². The summed E-state index contributed by atoms with van der Waals surface area (Å²) in [4.78, 5) is 20.6. The Balaban J connectivity index is 3.11. The molecule has 0 saturated heterocycles. The van der Waals surface area contributed by atoms with Crippen molar-refractivity contribution < 1.29 is 19.8 Å². The number of allylic oxidation sites excluding steroid dienone is 2. The van der Waals surface area contributed by atoms with Gasteiger partial charge in [0.05, 0.1) is 0 Å². The third-order valence-electron chi connectivity index (χ3n) is 3.44. The minimum atomic E-state index is -0.700. The fraction of sp³-hybridized carbons (Fsp3) is 0.765. The van der Waals surface area contributed by atoms with Gasteiger partial charge in [-0.25, -0.2) is 0 Å². The maximum atomic E-state index is 10.3. The smallest absolute Gasteiger partial charge is 0.303 e. The first-order chi connectivity index (χ1) is 10.1. The predicted octanol–water partition coefficient (Wildman–Crippen LogP) is 4.78. The van der Waals surface area contributed by atoms with Crippen LogP contribution in [0.3, 0.4) is 0 Å². The molecule has 0 aliphatic rings.